The Morgan fingerprint density at radius 3 is 2.20 bits per heavy atom. The van der Waals surface area contributed by atoms with Crippen LogP contribution in [0.1, 0.15) is 11.1 Å². The molecule has 0 radical (unpaired) electrons. The van der Waals surface area contributed by atoms with Crippen molar-refractivity contribution in [2.75, 3.05) is 5.32 Å². The van der Waals surface area contributed by atoms with Crippen molar-refractivity contribution in [2.45, 2.75) is 6.92 Å². The van der Waals surface area contributed by atoms with E-state index in [1.165, 1.54) is 0 Å². The van der Waals surface area contributed by atoms with E-state index in [1.54, 1.807) is 25.1 Å². The maximum atomic E-state index is 13.5. The van der Waals surface area contributed by atoms with Crippen molar-refractivity contribution in [2.24, 2.45) is 5.10 Å². The average Bonchev–Trinajstić information content (AvgIpc) is 2.58. The summed E-state index contributed by atoms with van der Waals surface area (Å²) in [5, 5.41) is 6.51. The van der Waals surface area contributed by atoms with Gasteiger partial charge in [-0.3, -0.25) is 5.43 Å². The lowest BCUT2D eigenvalue weighted by Gasteiger charge is -2.10. The predicted octanol–water partition coefficient (Wildman–Crippen LogP) is 4.66. The Balaban J connectivity index is 2.14. The highest BCUT2D eigenvalue weighted by atomic mass is 35.5. The van der Waals surface area contributed by atoms with Gasteiger partial charge in [0.05, 0.1) is 11.8 Å². The van der Waals surface area contributed by atoms with Gasteiger partial charge in [0.1, 0.15) is 0 Å². The fourth-order valence-corrected chi connectivity index (χ4v) is 2.12. The van der Waals surface area contributed by atoms with E-state index < -0.39 is 34.6 Å². The maximum Gasteiger partial charge on any atom is 0.200 e. The van der Waals surface area contributed by atoms with E-state index in [2.05, 4.69) is 15.8 Å². The van der Waals surface area contributed by atoms with Crippen LogP contribution in [0.2, 0.25) is 5.02 Å². The largest absolute Gasteiger partial charge is 0.331 e. The number of anilines is 1. The van der Waals surface area contributed by atoms with Crippen molar-refractivity contribution < 1.29 is 22.0 Å². The fourth-order valence-electron chi connectivity index (χ4n) is 1.78. The van der Waals surface area contributed by atoms with Gasteiger partial charge in [0.25, 0.3) is 0 Å². The lowest BCUT2D eigenvalue weighted by molar-refractivity contribution is 0.377. The second-order valence-corrected chi connectivity index (χ2v) is 5.54. The van der Waals surface area contributed by atoms with Gasteiger partial charge in [0.15, 0.2) is 28.4 Å². The molecule has 3 nitrogen and oxygen atoms in total. The molecule has 10 heteroatoms. The molecule has 25 heavy (non-hydrogen) atoms. The first-order chi connectivity index (χ1) is 11.7. The Kier molecular flexibility index (Phi) is 5.91. The van der Waals surface area contributed by atoms with Crippen molar-refractivity contribution in [1.82, 2.24) is 5.43 Å². The summed E-state index contributed by atoms with van der Waals surface area (Å²) < 4.78 is 66.0. The van der Waals surface area contributed by atoms with Gasteiger partial charge in [-0.15, -0.1) is 0 Å². The SMILES string of the molecule is Cc1c(Cl)cccc1NC(=S)N/N=C\c1c(F)c(F)c(F)c(F)c1F. The van der Waals surface area contributed by atoms with Crippen LogP contribution in [0.5, 0.6) is 0 Å². The summed E-state index contributed by atoms with van der Waals surface area (Å²) in [7, 11) is 0. The second-order valence-electron chi connectivity index (χ2n) is 4.72. The van der Waals surface area contributed by atoms with Crippen LogP contribution in [-0.2, 0) is 0 Å². The summed E-state index contributed by atoms with van der Waals surface area (Å²) >= 11 is 10.9. The Hall–Kier alpha value is -2.26. The third-order valence-electron chi connectivity index (χ3n) is 3.12. The molecule has 0 saturated heterocycles. The van der Waals surface area contributed by atoms with Crippen molar-refractivity contribution in [3.05, 3.63) is 63.4 Å². The molecule has 0 aliphatic heterocycles. The van der Waals surface area contributed by atoms with Crippen molar-refractivity contribution in [1.29, 1.82) is 0 Å². The normalized spacial score (nSPS) is 11.0. The summed E-state index contributed by atoms with van der Waals surface area (Å²) in [5.74, 6) is -10.3. The smallest absolute Gasteiger partial charge is 0.200 e. The number of hydrogen-bond donors (Lipinski definition) is 2. The van der Waals surface area contributed by atoms with Crippen molar-refractivity contribution in [3.63, 3.8) is 0 Å². The molecule has 0 saturated carbocycles. The molecule has 0 atom stereocenters. The third kappa shape index (κ3) is 4.05. The molecule has 0 spiro atoms. The zero-order valence-electron chi connectivity index (χ0n) is 12.4. The number of nitrogens with one attached hydrogen (secondary N) is 2. The minimum absolute atomic E-state index is 0.0783. The average molecular weight is 394 g/mol. The van der Waals surface area contributed by atoms with Crippen molar-refractivity contribution >= 4 is 40.8 Å². The molecule has 132 valence electrons. The summed E-state index contributed by atoms with van der Waals surface area (Å²) in [6, 6.07) is 5.00. The van der Waals surface area contributed by atoms with Crippen LogP contribution < -0.4 is 10.7 Å². The van der Waals surface area contributed by atoms with E-state index >= 15 is 0 Å². The molecule has 0 aliphatic carbocycles. The first-order valence-corrected chi connectivity index (χ1v) is 7.39. The number of thiocarbonyl (C=S) groups is 1. The first-order valence-electron chi connectivity index (χ1n) is 6.60. The molecule has 2 N–H and O–H groups in total. The molecule has 0 unspecified atom stereocenters. The lowest BCUT2D eigenvalue weighted by Crippen LogP contribution is -2.24. The van der Waals surface area contributed by atoms with Gasteiger partial charge < -0.3 is 5.32 Å². The molecule has 0 heterocycles. The number of rotatable bonds is 3. The number of hydrogen-bond acceptors (Lipinski definition) is 2. The Bertz CT molecular complexity index is 844. The van der Waals surface area contributed by atoms with Gasteiger partial charge in [0, 0.05) is 10.7 Å². The Morgan fingerprint density at radius 2 is 1.60 bits per heavy atom. The molecule has 0 bridgehead atoms. The van der Waals surface area contributed by atoms with Gasteiger partial charge in [-0.05, 0) is 36.8 Å². The molecule has 0 amide bonds. The van der Waals surface area contributed by atoms with Crippen LogP contribution in [0.15, 0.2) is 23.3 Å². The monoisotopic (exact) mass is 393 g/mol. The van der Waals surface area contributed by atoms with Crippen LogP contribution >= 0.6 is 23.8 Å². The summed E-state index contributed by atoms with van der Waals surface area (Å²) in [6.07, 6.45) is 0.440. The van der Waals surface area contributed by atoms with Crippen LogP contribution in [0.25, 0.3) is 0 Å². The first kappa shape index (κ1) is 19.1. The molecule has 0 fully saturated rings. The summed E-state index contributed by atoms with van der Waals surface area (Å²) in [5.41, 5.74) is 2.26. The highest BCUT2D eigenvalue weighted by Crippen LogP contribution is 2.23. The molecule has 0 aromatic heterocycles. The fraction of sp³-hybridized carbons (Fsp3) is 0.0667. The highest BCUT2D eigenvalue weighted by molar-refractivity contribution is 7.80. The van der Waals surface area contributed by atoms with Crippen LogP contribution in [0, 0.1) is 36.0 Å². The second kappa shape index (κ2) is 7.75. The molecule has 2 aromatic rings. The number of hydrazone groups is 1. The van der Waals surface area contributed by atoms with E-state index in [0.717, 1.165) is 0 Å². The van der Waals surface area contributed by atoms with E-state index in [1.807, 2.05) is 0 Å². The topological polar surface area (TPSA) is 36.4 Å². The molecule has 2 aromatic carbocycles. The molecular weight excluding hydrogens is 385 g/mol. The van der Waals surface area contributed by atoms with E-state index in [9.17, 15) is 22.0 Å². The standard InChI is InChI=1S/C15H9ClF5N3S/c1-6-8(16)3-2-4-9(6)23-15(25)24-22-5-7-10(17)12(19)14(21)13(20)11(7)18/h2-5H,1H3,(H2,23,24,25)/b22-5-. The Morgan fingerprint density at radius 1 is 1.04 bits per heavy atom. The molecule has 0 aliphatic rings. The predicted molar refractivity (Wildman–Crippen MR) is 89.4 cm³/mol. The number of benzene rings is 2. The zero-order valence-corrected chi connectivity index (χ0v) is 14.0. The summed E-state index contributed by atoms with van der Waals surface area (Å²) in [6.45, 7) is 1.73. The number of nitrogens with zero attached hydrogens (tertiary/aromatic N) is 1. The van der Waals surface area contributed by atoms with Gasteiger partial charge in [-0.2, -0.15) is 5.10 Å². The van der Waals surface area contributed by atoms with E-state index in [-0.39, 0.29) is 5.11 Å². The van der Waals surface area contributed by atoms with Crippen LogP contribution in [-0.4, -0.2) is 11.3 Å². The van der Waals surface area contributed by atoms with Crippen LogP contribution in [0.3, 0.4) is 0 Å². The minimum Gasteiger partial charge on any atom is -0.331 e. The van der Waals surface area contributed by atoms with Gasteiger partial charge >= 0.3 is 0 Å². The molecular formula is C15H9ClF5N3S. The quantitative estimate of drug-likeness (QED) is 0.199. The van der Waals surface area contributed by atoms with Crippen LogP contribution in [0.4, 0.5) is 27.6 Å². The Labute approximate surface area is 149 Å². The third-order valence-corrected chi connectivity index (χ3v) is 3.72. The van der Waals surface area contributed by atoms with E-state index in [0.29, 0.717) is 22.5 Å². The van der Waals surface area contributed by atoms with Gasteiger partial charge in [0.2, 0.25) is 5.82 Å². The lowest BCUT2D eigenvalue weighted by atomic mass is 10.2. The van der Waals surface area contributed by atoms with Gasteiger partial charge in [-0.25, -0.2) is 22.0 Å². The van der Waals surface area contributed by atoms with E-state index in [4.69, 9.17) is 23.8 Å². The summed E-state index contributed by atoms with van der Waals surface area (Å²) in [4.78, 5) is 0. The highest BCUT2D eigenvalue weighted by Gasteiger charge is 2.24. The zero-order chi connectivity index (χ0) is 18.7. The van der Waals surface area contributed by atoms with Gasteiger partial charge in [-0.1, -0.05) is 17.7 Å². The maximum absolute atomic E-state index is 13.5. The van der Waals surface area contributed by atoms with Crippen molar-refractivity contribution in [3.8, 4) is 0 Å². The molecule has 2 rings (SSSR count). The minimum atomic E-state index is -2.24. The number of halogens is 6.